The molecule has 1 N–H and O–H groups in total. The summed E-state index contributed by atoms with van der Waals surface area (Å²) in [7, 11) is 0. The molecule has 0 aromatic carbocycles. The van der Waals surface area contributed by atoms with Crippen LogP contribution in [-0.2, 0) is 14.3 Å². The summed E-state index contributed by atoms with van der Waals surface area (Å²) in [6.45, 7) is 5.33. The summed E-state index contributed by atoms with van der Waals surface area (Å²) in [6, 6.07) is 0. The lowest BCUT2D eigenvalue weighted by Gasteiger charge is -2.15. The number of unbranched alkanes of at least 4 members (excludes halogenated alkanes) is 24. The molecule has 0 aliphatic heterocycles. The number of rotatable bonds is 34. The van der Waals surface area contributed by atoms with E-state index >= 15 is 0 Å². The van der Waals surface area contributed by atoms with E-state index in [1.54, 1.807) is 0 Å². The molecular formula is C37H72O4. The summed E-state index contributed by atoms with van der Waals surface area (Å²) < 4.78 is 11.1. The summed E-state index contributed by atoms with van der Waals surface area (Å²) in [5.74, 6) is -0.200. The fourth-order valence-electron chi connectivity index (χ4n) is 5.32. The van der Waals surface area contributed by atoms with Crippen molar-refractivity contribution in [2.24, 2.45) is 0 Å². The van der Waals surface area contributed by atoms with Crippen LogP contribution in [0.25, 0.3) is 0 Å². The van der Waals surface area contributed by atoms with E-state index in [-0.39, 0.29) is 12.6 Å². The van der Waals surface area contributed by atoms with E-state index in [2.05, 4.69) is 26.0 Å². The van der Waals surface area contributed by atoms with E-state index in [0.29, 0.717) is 19.6 Å². The van der Waals surface area contributed by atoms with Gasteiger partial charge in [0.25, 0.3) is 0 Å². The molecule has 0 fully saturated rings. The Labute approximate surface area is 256 Å². The zero-order chi connectivity index (χ0) is 29.9. The Morgan fingerprint density at radius 3 is 1.44 bits per heavy atom. The second-order valence-electron chi connectivity index (χ2n) is 12.3. The standard InChI is InChI=1S/C37H72O4/c1-3-5-7-9-11-13-15-17-18-19-20-22-24-26-28-30-32-37(39)41-36(34-38)35-40-33-31-29-27-25-23-21-16-14-12-10-8-6-4-2/h12,14,36,38H,3-11,13,15-35H2,1-2H3/b14-12-. The van der Waals surface area contributed by atoms with E-state index < -0.39 is 6.10 Å². The molecule has 0 saturated carbocycles. The topological polar surface area (TPSA) is 55.8 Å². The van der Waals surface area contributed by atoms with Crippen molar-refractivity contribution in [3.8, 4) is 0 Å². The molecule has 244 valence electrons. The van der Waals surface area contributed by atoms with Crippen molar-refractivity contribution in [1.29, 1.82) is 0 Å². The van der Waals surface area contributed by atoms with Crippen LogP contribution in [0.15, 0.2) is 12.2 Å². The van der Waals surface area contributed by atoms with Gasteiger partial charge in [-0.3, -0.25) is 4.79 Å². The van der Waals surface area contributed by atoms with Crippen LogP contribution in [0.4, 0.5) is 0 Å². The van der Waals surface area contributed by atoms with Gasteiger partial charge in [0.05, 0.1) is 13.2 Å². The third kappa shape index (κ3) is 33.5. The Morgan fingerprint density at radius 2 is 0.951 bits per heavy atom. The lowest BCUT2D eigenvalue weighted by atomic mass is 10.0. The van der Waals surface area contributed by atoms with E-state index in [1.807, 2.05) is 0 Å². The van der Waals surface area contributed by atoms with Crippen LogP contribution in [0.3, 0.4) is 0 Å². The van der Waals surface area contributed by atoms with Gasteiger partial charge in [-0.1, -0.05) is 161 Å². The first kappa shape index (κ1) is 40.1. The third-order valence-electron chi connectivity index (χ3n) is 8.09. The average Bonchev–Trinajstić information content (AvgIpc) is 2.98. The third-order valence-corrected chi connectivity index (χ3v) is 8.09. The van der Waals surface area contributed by atoms with Gasteiger partial charge in [-0.25, -0.2) is 0 Å². The largest absolute Gasteiger partial charge is 0.457 e. The molecule has 0 aromatic rings. The molecule has 0 aromatic heterocycles. The van der Waals surface area contributed by atoms with Gasteiger partial charge in [0.15, 0.2) is 0 Å². The van der Waals surface area contributed by atoms with Crippen LogP contribution in [0.2, 0.25) is 0 Å². The molecule has 0 amide bonds. The first-order valence-corrected chi connectivity index (χ1v) is 18.3. The van der Waals surface area contributed by atoms with Crippen molar-refractivity contribution in [2.45, 2.75) is 200 Å². The Hall–Kier alpha value is -0.870. The summed E-state index contributed by atoms with van der Waals surface area (Å²) in [5, 5.41) is 9.54. The highest BCUT2D eigenvalue weighted by molar-refractivity contribution is 5.69. The van der Waals surface area contributed by atoms with Gasteiger partial charge in [-0.15, -0.1) is 0 Å². The van der Waals surface area contributed by atoms with Crippen molar-refractivity contribution < 1.29 is 19.4 Å². The Balaban J connectivity index is 3.41. The molecule has 0 bridgehead atoms. The first-order chi connectivity index (χ1) is 20.2. The fourth-order valence-corrected chi connectivity index (χ4v) is 5.32. The van der Waals surface area contributed by atoms with Crippen molar-refractivity contribution >= 4 is 5.97 Å². The minimum atomic E-state index is -0.529. The van der Waals surface area contributed by atoms with Crippen LogP contribution in [0, 0.1) is 0 Å². The van der Waals surface area contributed by atoms with Gasteiger partial charge in [-0.05, 0) is 38.5 Å². The number of esters is 1. The number of allylic oxidation sites excluding steroid dienone is 2. The van der Waals surface area contributed by atoms with Crippen LogP contribution in [0.1, 0.15) is 194 Å². The molecule has 4 heteroatoms. The molecule has 1 atom stereocenters. The molecule has 1 unspecified atom stereocenters. The van der Waals surface area contributed by atoms with E-state index in [4.69, 9.17) is 9.47 Å². The number of hydrogen-bond acceptors (Lipinski definition) is 4. The highest BCUT2D eigenvalue weighted by Gasteiger charge is 2.13. The zero-order valence-corrected chi connectivity index (χ0v) is 27.8. The van der Waals surface area contributed by atoms with Gasteiger partial charge < -0.3 is 14.6 Å². The molecule has 0 saturated heterocycles. The van der Waals surface area contributed by atoms with Crippen LogP contribution >= 0.6 is 0 Å². The first-order valence-electron chi connectivity index (χ1n) is 18.3. The summed E-state index contributed by atoms with van der Waals surface area (Å²) in [4.78, 5) is 12.1. The molecule has 0 aliphatic carbocycles. The Bertz CT molecular complexity index is 533. The molecule has 0 spiro atoms. The number of aliphatic hydroxyl groups excluding tert-OH is 1. The van der Waals surface area contributed by atoms with Gasteiger partial charge >= 0.3 is 5.97 Å². The maximum atomic E-state index is 12.1. The minimum Gasteiger partial charge on any atom is -0.457 e. The van der Waals surface area contributed by atoms with E-state index in [0.717, 1.165) is 19.3 Å². The predicted molar refractivity (Wildman–Crippen MR) is 178 cm³/mol. The smallest absolute Gasteiger partial charge is 0.306 e. The Kier molecular flexibility index (Phi) is 34.6. The number of ether oxygens (including phenoxy) is 2. The molecule has 41 heavy (non-hydrogen) atoms. The van der Waals surface area contributed by atoms with Crippen molar-refractivity contribution in [3.63, 3.8) is 0 Å². The Morgan fingerprint density at radius 1 is 0.561 bits per heavy atom. The van der Waals surface area contributed by atoms with Crippen molar-refractivity contribution in [3.05, 3.63) is 12.2 Å². The second kappa shape index (κ2) is 35.3. The van der Waals surface area contributed by atoms with E-state index in [1.165, 1.54) is 154 Å². The number of carbonyl (C=O) groups is 1. The fraction of sp³-hybridized carbons (Fsp3) is 0.919. The van der Waals surface area contributed by atoms with Crippen molar-refractivity contribution in [1.82, 2.24) is 0 Å². The number of carbonyl (C=O) groups excluding carboxylic acids is 1. The summed E-state index contributed by atoms with van der Waals surface area (Å²) in [6.07, 6.45) is 39.6. The highest BCUT2D eigenvalue weighted by atomic mass is 16.6. The maximum absolute atomic E-state index is 12.1. The second-order valence-corrected chi connectivity index (χ2v) is 12.3. The summed E-state index contributed by atoms with van der Waals surface area (Å²) >= 11 is 0. The lowest BCUT2D eigenvalue weighted by molar-refractivity contribution is -0.154. The number of hydrogen-bond donors (Lipinski definition) is 1. The average molecular weight is 581 g/mol. The monoisotopic (exact) mass is 581 g/mol. The lowest BCUT2D eigenvalue weighted by Crippen LogP contribution is -2.27. The number of aliphatic hydroxyl groups is 1. The van der Waals surface area contributed by atoms with Crippen molar-refractivity contribution in [2.75, 3.05) is 19.8 Å². The molecule has 0 aliphatic rings. The van der Waals surface area contributed by atoms with Gasteiger partial charge in [0, 0.05) is 13.0 Å². The zero-order valence-electron chi connectivity index (χ0n) is 27.8. The normalized spacial score (nSPS) is 12.4. The van der Waals surface area contributed by atoms with E-state index in [9.17, 15) is 9.90 Å². The maximum Gasteiger partial charge on any atom is 0.306 e. The molecule has 0 radical (unpaired) electrons. The molecule has 4 nitrogen and oxygen atoms in total. The molecule has 0 heterocycles. The van der Waals surface area contributed by atoms with Crippen LogP contribution < -0.4 is 0 Å². The van der Waals surface area contributed by atoms with Crippen LogP contribution in [0.5, 0.6) is 0 Å². The van der Waals surface area contributed by atoms with Crippen LogP contribution in [-0.4, -0.2) is 37.0 Å². The predicted octanol–water partition coefficient (Wildman–Crippen LogP) is 11.4. The molecule has 0 rings (SSSR count). The SMILES string of the molecule is CCCCC/C=C\CCCCCCCCOCC(CO)OC(=O)CCCCCCCCCCCCCCCCCC. The minimum absolute atomic E-state index is 0.169. The van der Waals surface area contributed by atoms with Gasteiger partial charge in [0.2, 0.25) is 0 Å². The highest BCUT2D eigenvalue weighted by Crippen LogP contribution is 2.14. The van der Waals surface area contributed by atoms with Gasteiger partial charge in [0.1, 0.15) is 6.10 Å². The quantitative estimate of drug-likeness (QED) is 0.0467. The molecular weight excluding hydrogens is 508 g/mol. The summed E-state index contributed by atoms with van der Waals surface area (Å²) in [5.41, 5.74) is 0. The van der Waals surface area contributed by atoms with Gasteiger partial charge in [-0.2, -0.15) is 0 Å².